The van der Waals surface area contributed by atoms with E-state index in [1.807, 2.05) is 73.7 Å². The molecule has 0 bridgehead atoms. The van der Waals surface area contributed by atoms with Gasteiger partial charge in [-0.15, -0.1) is 0 Å². The Hall–Kier alpha value is -7.01. The van der Waals surface area contributed by atoms with Gasteiger partial charge >= 0.3 is 12.1 Å². The van der Waals surface area contributed by atoms with E-state index in [1.165, 1.54) is 0 Å². The van der Waals surface area contributed by atoms with Crippen molar-refractivity contribution in [2.24, 2.45) is 0 Å². The van der Waals surface area contributed by atoms with Crippen LogP contribution in [0.15, 0.2) is 127 Å². The summed E-state index contributed by atoms with van der Waals surface area (Å²) in [5.41, 5.74) is 6.34. The van der Waals surface area contributed by atoms with Gasteiger partial charge in [-0.05, 0) is 78.2 Å². The molecule has 0 aromatic heterocycles. The molecule has 252 valence electrons. The quantitative estimate of drug-likeness (QED) is 0.0907. The van der Waals surface area contributed by atoms with Crippen LogP contribution in [0.5, 0.6) is 0 Å². The Bertz CT molecular complexity index is 2200. The number of nitrogens with one attached hydrogen (secondary N) is 5. The van der Waals surface area contributed by atoms with E-state index < -0.39 is 12.1 Å². The number of nitrogens with zero attached hydrogens (tertiary/aromatic N) is 1. The molecule has 11 heteroatoms. The lowest BCUT2D eigenvalue weighted by molar-refractivity contribution is -0.116. The van der Waals surface area contributed by atoms with E-state index in [9.17, 15) is 24.0 Å². The number of imide groups is 1. The standard InChI is InChI=1S/C40H32N6O5/c1-24(25-9-4-2-5-10-25)42-37(48)28-15-20-33-32(22-28)36(38(49)45-33)35(26-11-6-3-7-12-26)27-13-8-14-30(21-27)44-39(50)43-29-16-18-31(19-17-29)46-34(47)23-41-40(46)51/h2-22,24H,23H2,1H3,(H,41,51)(H,42,48)(H,45,49)(H2,43,44,50)/b36-35-/t24-/m0/s1. The molecule has 7 rings (SSSR count). The van der Waals surface area contributed by atoms with Gasteiger partial charge in [0.25, 0.3) is 17.7 Å². The van der Waals surface area contributed by atoms with Crippen LogP contribution >= 0.6 is 0 Å². The SMILES string of the molecule is C[C@H](NC(=O)c1ccc2c(c1)/C(=C(\c1ccccc1)c1cccc(NC(=O)Nc3ccc(N4C(=O)CNC4=O)cc3)c1)C(=O)N2)c1ccccc1. The molecule has 7 amide bonds. The number of hydrogen-bond acceptors (Lipinski definition) is 5. The molecule has 2 aliphatic heterocycles. The van der Waals surface area contributed by atoms with E-state index in [0.29, 0.717) is 50.6 Å². The molecular formula is C40H32N6O5. The van der Waals surface area contributed by atoms with Gasteiger partial charge in [0.2, 0.25) is 0 Å². The number of anilines is 4. The second-order valence-corrected chi connectivity index (χ2v) is 12.0. The minimum absolute atomic E-state index is 0.0626. The highest BCUT2D eigenvalue weighted by Crippen LogP contribution is 2.41. The monoisotopic (exact) mass is 676 g/mol. The summed E-state index contributed by atoms with van der Waals surface area (Å²) in [5.74, 6) is -0.941. The van der Waals surface area contributed by atoms with Crippen LogP contribution in [0.25, 0.3) is 11.1 Å². The Morgan fingerprint density at radius 3 is 2.10 bits per heavy atom. The number of fused-ring (bicyclic) bond motifs is 1. The first kappa shape index (κ1) is 32.5. The van der Waals surface area contributed by atoms with Gasteiger partial charge in [0, 0.05) is 33.8 Å². The summed E-state index contributed by atoms with van der Waals surface area (Å²) < 4.78 is 0. The molecule has 0 spiro atoms. The fraction of sp³-hybridized carbons (Fsp3) is 0.0750. The maximum Gasteiger partial charge on any atom is 0.329 e. The Kier molecular flexibility index (Phi) is 8.83. The van der Waals surface area contributed by atoms with Gasteiger partial charge in [-0.3, -0.25) is 14.4 Å². The van der Waals surface area contributed by atoms with E-state index in [0.717, 1.165) is 16.0 Å². The van der Waals surface area contributed by atoms with Crippen LogP contribution < -0.4 is 31.5 Å². The summed E-state index contributed by atoms with van der Waals surface area (Å²) in [5, 5.41) is 14.1. The molecule has 0 radical (unpaired) electrons. The Labute approximate surface area is 293 Å². The van der Waals surface area contributed by atoms with Crippen molar-refractivity contribution in [2.45, 2.75) is 13.0 Å². The number of benzene rings is 5. The van der Waals surface area contributed by atoms with Crippen molar-refractivity contribution < 1.29 is 24.0 Å². The zero-order valence-electron chi connectivity index (χ0n) is 27.4. The summed E-state index contributed by atoms with van der Waals surface area (Å²) in [7, 11) is 0. The third-order valence-electron chi connectivity index (χ3n) is 8.62. The second-order valence-electron chi connectivity index (χ2n) is 12.0. The molecule has 11 nitrogen and oxygen atoms in total. The number of urea groups is 2. The molecule has 0 saturated carbocycles. The van der Waals surface area contributed by atoms with Crippen LogP contribution in [0.2, 0.25) is 0 Å². The molecule has 2 heterocycles. The average molecular weight is 677 g/mol. The normalized spacial score (nSPS) is 15.0. The number of hydrogen-bond donors (Lipinski definition) is 5. The van der Waals surface area contributed by atoms with Gasteiger partial charge in [0.05, 0.1) is 23.8 Å². The summed E-state index contributed by atoms with van der Waals surface area (Å²) in [4.78, 5) is 65.2. The fourth-order valence-electron chi connectivity index (χ4n) is 6.15. The smallest absolute Gasteiger partial charge is 0.329 e. The second kappa shape index (κ2) is 13.8. The van der Waals surface area contributed by atoms with Crippen LogP contribution in [-0.2, 0) is 9.59 Å². The lowest BCUT2D eigenvalue weighted by Gasteiger charge is -2.16. The Morgan fingerprint density at radius 1 is 0.706 bits per heavy atom. The number of amides is 7. The average Bonchev–Trinajstić information content (AvgIpc) is 3.65. The van der Waals surface area contributed by atoms with Crippen molar-refractivity contribution in [3.05, 3.63) is 155 Å². The summed E-state index contributed by atoms with van der Waals surface area (Å²) in [6, 6.07) is 36.5. The van der Waals surface area contributed by atoms with Crippen molar-refractivity contribution in [1.82, 2.24) is 10.6 Å². The summed E-state index contributed by atoms with van der Waals surface area (Å²) in [6.45, 7) is 1.86. The first-order valence-electron chi connectivity index (χ1n) is 16.3. The molecule has 1 fully saturated rings. The third-order valence-corrected chi connectivity index (χ3v) is 8.62. The third kappa shape index (κ3) is 6.81. The van der Waals surface area contributed by atoms with E-state index in [1.54, 1.807) is 60.7 Å². The summed E-state index contributed by atoms with van der Waals surface area (Å²) >= 11 is 0. The molecule has 51 heavy (non-hydrogen) atoms. The van der Waals surface area contributed by atoms with Gasteiger partial charge in [0.15, 0.2) is 0 Å². The molecule has 5 aromatic rings. The van der Waals surface area contributed by atoms with E-state index in [-0.39, 0.29) is 30.3 Å². The Morgan fingerprint density at radius 2 is 1.39 bits per heavy atom. The highest BCUT2D eigenvalue weighted by molar-refractivity contribution is 6.38. The maximum atomic E-state index is 13.7. The lowest BCUT2D eigenvalue weighted by Crippen LogP contribution is -2.30. The topological polar surface area (TPSA) is 149 Å². The lowest BCUT2D eigenvalue weighted by atomic mass is 9.89. The maximum absolute atomic E-state index is 13.7. The van der Waals surface area contributed by atoms with E-state index >= 15 is 0 Å². The number of carbonyl (C=O) groups is 5. The van der Waals surface area contributed by atoms with Gasteiger partial charge in [-0.2, -0.15) is 0 Å². The van der Waals surface area contributed by atoms with Crippen LogP contribution in [0.3, 0.4) is 0 Å². The highest BCUT2D eigenvalue weighted by atomic mass is 16.2. The number of carbonyl (C=O) groups excluding carboxylic acids is 5. The summed E-state index contributed by atoms with van der Waals surface area (Å²) in [6.07, 6.45) is 0. The molecule has 1 saturated heterocycles. The van der Waals surface area contributed by atoms with Crippen molar-refractivity contribution >= 4 is 63.7 Å². The van der Waals surface area contributed by atoms with Gasteiger partial charge in [-0.25, -0.2) is 14.5 Å². The molecule has 2 aliphatic rings. The van der Waals surface area contributed by atoms with Crippen LogP contribution in [0.4, 0.5) is 32.3 Å². The zero-order valence-corrected chi connectivity index (χ0v) is 27.4. The van der Waals surface area contributed by atoms with Gasteiger partial charge in [-0.1, -0.05) is 72.8 Å². The van der Waals surface area contributed by atoms with Crippen molar-refractivity contribution in [3.63, 3.8) is 0 Å². The highest BCUT2D eigenvalue weighted by Gasteiger charge is 2.31. The van der Waals surface area contributed by atoms with E-state index in [2.05, 4.69) is 26.6 Å². The zero-order chi connectivity index (χ0) is 35.5. The predicted octanol–water partition coefficient (Wildman–Crippen LogP) is 6.79. The number of rotatable bonds is 8. The first-order chi connectivity index (χ1) is 24.7. The molecule has 0 unspecified atom stereocenters. The fourth-order valence-corrected chi connectivity index (χ4v) is 6.15. The molecule has 5 N–H and O–H groups in total. The molecular weight excluding hydrogens is 644 g/mol. The van der Waals surface area contributed by atoms with Crippen molar-refractivity contribution in [2.75, 3.05) is 27.4 Å². The molecule has 5 aromatic carbocycles. The Balaban J connectivity index is 1.16. The van der Waals surface area contributed by atoms with Crippen molar-refractivity contribution in [3.8, 4) is 0 Å². The molecule has 1 atom stereocenters. The van der Waals surface area contributed by atoms with Gasteiger partial charge in [0.1, 0.15) is 0 Å². The van der Waals surface area contributed by atoms with Crippen LogP contribution in [0.1, 0.15) is 45.6 Å². The van der Waals surface area contributed by atoms with Crippen molar-refractivity contribution in [1.29, 1.82) is 0 Å². The minimum atomic E-state index is -0.520. The minimum Gasteiger partial charge on any atom is -0.346 e. The molecule has 0 aliphatic carbocycles. The largest absolute Gasteiger partial charge is 0.346 e. The van der Waals surface area contributed by atoms with Gasteiger partial charge < -0.3 is 26.6 Å². The first-order valence-corrected chi connectivity index (χ1v) is 16.3. The van der Waals surface area contributed by atoms with Crippen LogP contribution in [-0.4, -0.2) is 36.3 Å². The van der Waals surface area contributed by atoms with Crippen LogP contribution in [0, 0.1) is 0 Å². The predicted molar refractivity (Wildman–Crippen MR) is 196 cm³/mol. The van der Waals surface area contributed by atoms with E-state index in [4.69, 9.17) is 0 Å².